The SMILES string of the molecule is O=C(CCn1ccc([N+](=O)[O-])n1)Nc1ncn(Cc2ccc(Cl)c(Cl)c2)n1. The first-order chi connectivity index (χ1) is 12.9. The van der Waals surface area contributed by atoms with Crippen LogP contribution in [-0.4, -0.2) is 35.4 Å². The van der Waals surface area contributed by atoms with Gasteiger partial charge in [-0.2, -0.15) is 4.68 Å². The summed E-state index contributed by atoms with van der Waals surface area (Å²) in [7, 11) is 0. The fraction of sp³-hybridized carbons (Fsp3) is 0.200. The third-order valence-electron chi connectivity index (χ3n) is 3.50. The van der Waals surface area contributed by atoms with Crippen LogP contribution in [0.2, 0.25) is 10.0 Å². The minimum Gasteiger partial charge on any atom is -0.358 e. The molecule has 2 heterocycles. The third kappa shape index (κ3) is 5.02. The molecule has 0 saturated heterocycles. The molecule has 0 unspecified atom stereocenters. The first kappa shape index (κ1) is 18.8. The van der Waals surface area contributed by atoms with Crippen molar-refractivity contribution in [3.05, 3.63) is 62.5 Å². The summed E-state index contributed by atoms with van der Waals surface area (Å²) in [6, 6.07) is 6.51. The summed E-state index contributed by atoms with van der Waals surface area (Å²) in [5, 5.41) is 22.0. The summed E-state index contributed by atoms with van der Waals surface area (Å²) in [6.07, 6.45) is 2.99. The highest BCUT2D eigenvalue weighted by Crippen LogP contribution is 2.22. The van der Waals surface area contributed by atoms with E-state index in [9.17, 15) is 14.9 Å². The summed E-state index contributed by atoms with van der Waals surface area (Å²) in [4.78, 5) is 26.0. The molecule has 0 radical (unpaired) electrons. The number of halogens is 2. The van der Waals surface area contributed by atoms with E-state index in [-0.39, 0.29) is 30.6 Å². The van der Waals surface area contributed by atoms with Crippen LogP contribution in [0.3, 0.4) is 0 Å². The smallest absolute Gasteiger partial charge is 0.358 e. The van der Waals surface area contributed by atoms with Crippen molar-refractivity contribution >= 4 is 40.9 Å². The van der Waals surface area contributed by atoms with Crippen LogP contribution in [-0.2, 0) is 17.9 Å². The van der Waals surface area contributed by atoms with E-state index >= 15 is 0 Å². The average Bonchev–Trinajstić information content (AvgIpc) is 3.26. The molecular weight excluding hydrogens is 397 g/mol. The van der Waals surface area contributed by atoms with Crippen molar-refractivity contribution in [2.75, 3.05) is 5.32 Å². The lowest BCUT2D eigenvalue weighted by atomic mass is 10.2. The van der Waals surface area contributed by atoms with Gasteiger partial charge in [-0.1, -0.05) is 29.3 Å². The zero-order valence-corrected chi connectivity index (χ0v) is 15.3. The normalized spacial score (nSPS) is 10.7. The number of carbonyl (C=O) groups excluding carboxylic acids is 1. The predicted molar refractivity (Wildman–Crippen MR) is 97.7 cm³/mol. The number of anilines is 1. The minimum absolute atomic E-state index is 0.0696. The Labute approximate surface area is 162 Å². The van der Waals surface area contributed by atoms with Crippen LogP contribution in [0.5, 0.6) is 0 Å². The Balaban J connectivity index is 1.52. The molecule has 0 saturated carbocycles. The van der Waals surface area contributed by atoms with Crippen molar-refractivity contribution < 1.29 is 9.72 Å². The first-order valence-corrected chi connectivity index (χ1v) is 8.47. The fourth-order valence-electron chi connectivity index (χ4n) is 2.23. The van der Waals surface area contributed by atoms with E-state index in [0.29, 0.717) is 16.6 Å². The number of hydrogen-bond acceptors (Lipinski definition) is 6. The molecule has 0 aliphatic heterocycles. The lowest BCUT2D eigenvalue weighted by molar-refractivity contribution is -0.389. The molecule has 1 amide bonds. The van der Waals surface area contributed by atoms with Crippen LogP contribution in [0.25, 0.3) is 0 Å². The number of nitro groups is 1. The molecule has 0 bridgehead atoms. The molecule has 10 nitrogen and oxygen atoms in total. The van der Waals surface area contributed by atoms with E-state index in [2.05, 4.69) is 20.5 Å². The van der Waals surface area contributed by atoms with Crippen LogP contribution < -0.4 is 5.32 Å². The van der Waals surface area contributed by atoms with Crippen LogP contribution in [0.1, 0.15) is 12.0 Å². The molecule has 3 rings (SSSR count). The van der Waals surface area contributed by atoms with Crippen LogP contribution in [0, 0.1) is 10.1 Å². The van der Waals surface area contributed by atoms with E-state index in [0.717, 1.165) is 5.56 Å². The maximum atomic E-state index is 12.0. The van der Waals surface area contributed by atoms with Gasteiger partial charge in [0.2, 0.25) is 11.9 Å². The number of carbonyl (C=O) groups is 1. The maximum Gasteiger partial charge on any atom is 0.389 e. The number of aromatic nitrogens is 5. The summed E-state index contributed by atoms with van der Waals surface area (Å²) in [6.45, 7) is 0.611. The van der Waals surface area contributed by atoms with Crippen molar-refractivity contribution in [3.8, 4) is 0 Å². The van der Waals surface area contributed by atoms with Crippen molar-refractivity contribution in [1.29, 1.82) is 0 Å². The van der Waals surface area contributed by atoms with Gasteiger partial charge in [0, 0.05) is 6.42 Å². The predicted octanol–water partition coefficient (Wildman–Crippen LogP) is 2.77. The van der Waals surface area contributed by atoms with Crippen molar-refractivity contribution in [2.45, 2.75) is 19.5 Å². The summed E-state index contributed by atoms with van der Waals surface area (Å²) >= 11 is 11.9. The number of nitrogens with zero attached hydrogens (tertiary/aromatic N) is 6. The van der Waals surface area contributed by atoms with Gasteiger partial charge in [0.05, 0.1) is 40.5 Å². The van der Waals surface area contributed by atoms with Gasteiger partial charge in [-0.3, -0.25) is 10.1 Å². The van der Waals surface area contributed by atoms with Gasteiger partial charge in [0.1, 0.15) is 6.33 Å². The molecule has 140 valence electrons. The number of hydrogen-bond donors (Lipinski definition) is 1. The van der Waals surface area contributed by atoms with E-state index in [4.69, 9.17) is 23.2 Å². The lowest BCUT2D eigenvalue weighted by Gasteiger charge is -2.03. The molecule has 1 aromatic carbocycles. The van der Waals surface area contributed by atoms with E-state index in [1.165, 1.54) is 23.3 Å². The van der Waals surface area contributed by atoms with Gasteiger partial charge in [-0.05, 0) is 22.6 Å². The molecule has 1 N–H and O–H groups in total. The maximum absolute atomic E-state index is 12.0. The summed E-state index contributed by atoms with van der Waals surface area (Å²) in [5.74, 6) is -0.440. The number of benzene rings is 1. The fourth-order valence-corrected chi connectivity index (χ4v) is 2.55. The Kier molecular flexibility index (Phi) is 5.67. The first-order valence-electron chi connectivity index (χ1n) is 7.72. The molecule has 12 heteroatoms. The molecule has 2 aromatic heterocycles. The second kappa shape index (κ2) is 8.14. The van der Waals surface area contributed by atoms with Crippen LogP contribution in [0.4, 0.5) is 11.8 Å². The average molecular weight is 410 g/mol. The second-order valence-electron chi connectivity index (χ2n) is 5.51. The van der Waals surface area contributed by atoms with E-state index < -0.39 is 4.92 Å². The van der Waals surface area contributed by atoms with Gasteiger partial charge < -0.3 is 10.1 Å². The zero-order valence-electron chi connectivity index (χ0n) is 13.7. The molecule has 0 fully saturated rings. The number of aryl methyl sites for hydroxylation is 1. The standard InChI is InChI=1S/C15H13Cl2N7O3/c16-11-2-1-10(7-12(11)17)8-23-9-18-15(21-23)19-14(25)4-6-22-5-3-13(20-22)24(26)27/h1-3,5,7,9H,4,6,8H2,(H,19,21,25). The number of amides is 1. The quantitative estimate of drug-likeness (QED) is 0.472. The number of nitrogens with one attached hydrogen (secondary N) is 1. The Morgan fingerprint density at radius 2 is 2.00 bits per heavy atom. The van der Waals surface area contributed by atoms with Crippen molar-refractivity contribution in [1.82, 2.24) is 24.5 Å². The zero-order chi connectivity index (χ0) is 19.4. The molecule has 0 spiro atoms. The lowest BCUT2D eigenvalue weighted by Crippen LogP contribution is -2.16. The largest absolute Gasteiger partial charge is 0.389 e. The third-order valence-corrected chi connectivity index (χ3v) is 4.24. The monoisotopic (exact) mass is 409 g/mol. The van der Waals surface area contributed by atoms with Gasteiger partial charge in [-0.25, -0.2) is 9.67 Å². The second-order valence-corrected chi connectivity index (χ2v) is 6.32. The van der Waals surface area contributed by atoms with Crippen molar-refractivity contribution in [2.24, 2.45) is 0 Å². The summed E-state index contributed by atoms with van der Waals surface area (Å²) in [5.41, 5.74) is 0.882. The molecule has 3 aromatic rings. The van der Waals surface area contributed by atoms with Crippen molar-refractivity contribution in [3.63, 3.8) is 0 Å². The summed E-state index contributed by atoms with van der Waals surface area (Å²) < 4.78 is 2.88. The highest BCUT2D eigenvalue weighted by Gasteiger charge is 2.13. The molecule has 0 atom stereocenters. The Bertz CT molecular complexity index is 985. The Hall–Kier alpha value is -2.98. The van der Waals surface area contributed by atoms with Gasteiger partial charge >= 0.3 is 5.82 Å². The highest BCUT2D eigenvalue weighted by atomic mass is 35.5. The molecule has 0 aliphatic carbocycles. The topological polar surface area (TPSA) is 121 Å². The van der Waals surface area contributed by atoms with Gasteiger partial charge in [0.25, 0.3) is 0 Å². The Morgan fingerprint density at radius 1 is 1.19 bits per heavy atom. The molecule has 27 heavy (non-hydrogen) atoms. The van der Waals surface area contributed by atoms with E-state index in [1.54, 1.807) is 16.8 Å². The van der Waals surface area contributed by atoms with E-state index in [1.807, 2.05) is 6.07 Å². The minimum atomic E-state index is -0.596. The van der Waals surface area contributed by atoms with Crippen LogP contribution >= 0.6 is 23.2 Å². The highest BCUT2D eigenvalue weighted by molar-refractivity contribution is 6.42. The Morgan fingerprint density at radius 3 is 2.70 bits per heavy atom. The molecular formula is C15H13Cl2N7O3. The van der Waals surface area contributed by atoms with Gasteiger partial charge in [0.15, 0.2) is 0 Å². The molecule has 0 aliphatic rings. The number of rotatable bonds is 7. The van der Waals surface area contributed by atoms with Gasteiger partial charge in [-0.15, -0.1) is 5.10 Å². The van der Waals surface area contributed by atoms with Crippen LogP contribution in [0.15, 0.2) is 36.8 Å².